The van der Waals surface area contributed by atoms with Gasteiger partial charge < -0.3 is 15.5 Å². The number of anilines is 1. The summed E-state index contributed by atoms with van der Waals surface area (Å²) in [5, 5.41) is 6.94. The molecule has 3 rings (SSSR count). The first-order chi connectivity index (χ1) is 12.8. The molecule has 5 nitrogen and oxygen atoms in total. The molecular weight excluding hydrogens is 390 g/mol. The minimum Gasteiger partial charge on any atom is -0.368 e. The lowest BCUT2D eigenvalue weighted by molar-refractivity contribution is 0.649. The molecule has 1 fully saturated rings. The molecule has 0 bridgehead atoms. The Morgan fingerprint density at radius 2 is 2.12 bits per heavy atom. The Balaban J connectivity index is 1.55. The van der Waals surface area contributed by atoms with Crippen molar-refractivity contribution in [2.75, 3.05) is 31.1 Å². The number of nitrogens with zero attached hydrogens (tertiary/aromatic N) is 3. The number of pyridine rings is 1. The number of rotatable bonds is 6. The van der Waals surface area contributed by atoms with Crippen molar-refractivity contribution in [2.45, 2.75) is 25.8 Å². The number of halogens is 1. The molecule has 0 saturated carbocycles. The fourth-order valence-corrected chi connectivity index (χ4v) is 3.68. The molecule has 1 saturated heterocycles. The number of hydrogen-bond acceptors (Lipinski definition) is 3. The second-order valence-electron chi connectivity index (χ2n) is 6.36. The van der Waals surface area contributed by atoms with E-state index in [-0.39, 0.29) is 0 Å². The van der Waals surface area contributed by atoms with Crippen molar-refractivity contribution in [3.05, 3.63) is 58.8 Å². The molecule has 26 heavy (non-hydrogen) atoms. The number of aliphatic imine (C=N–C) groups is 1. The van der Waals surface area contributed by atoms with Gasteiger partial charge in [0.05, 0.1) is 5.69 Å². The lowest BCUT2D eigenvalue weighted by Gasteiger charge is -2.21. The molecule has 0 amide bonds. The van der Waals surface area contributed by atoms with Crippen LogP contribution in [-0.4, -0.2) is 43.2 Å². The van der Waals surface area contributed by atoms with Crippen molar-refractivity contribution in [2.24, 2.45) is 4.99 Å². The Morgan fingerprint density at radius 3 is 2.88 bits per heavy atom. The maximum atomic E-state index is 4.71. The third-order valence-electron chi connectivity index (χ3n) is 4.43. The van der Waals surface area contributed by atoms with Gasteiger partial charge in [-0.25, -0.2) is 0 Å². The monoisotopic (exact) mass is 415 g/mol. The summed E-state index contributed by atoms with van der Waals surface area (Å²) in [6.07, 6.45) is 3.79. The molecule has 6 heteroatoms. The smallest absolute Gasteiger partial charge is 0.191 e. The van der Waals surface area contributed by atoms with Crippen LogP contribution >= 0.6 is 15.9 Å². The van der Waals surface area contributed by atoms with Crippen LogP contribution in [0, 0.1) is 0 Å². The van der Waals surface area contributed by atoms with E-state index in [1.54, 1.807) is 0 Å². The molecule has 1 aliphatic rings. The Morgan fingerprint density at radius 1 is 1.27 bits per heavy atom. The SMILES string of the molecule is CCNC(=NCCc1ccccn1)NC1CCN(c2ccccc2Br)C1. The van der Waals surface area contributed by atoms with Crippen molar-refractivity contribution in [1.82, 2.24) is 15.6 Å². The fourth-order valence-electron chi connectivity index (χ4n) is 3.15. The summed E-state index contributed by atoms with van der Waals surface area (Å²) >= 11 is 3.65. The van der Waals surface area contributed by atoms with Crippen molar-refractivity contribution in [3.8, 4) is 0 Å². The zero-order valence-electron chi connectivity index (χ0n) is 15.2. The molecule has 0 radical (unpaired) electrons. The molecule has 1 aromatic heterocycles. The number of para-hydroxylation sites is 1. The molecular formula is C20H26BrN5. The predicted molar refractivity (Wildman–Crippen MR) is 112 cm³/mol. The Labute approximate surface area is 164 Å². The maximum absolute atomic E-state index is 4.71. The first kappa shape index (κ1) is 18.7. The average Bonchev–Trinajstić information content (AvgIpc) is 3.11. The van der Waals surface area contributed by atoms with Crippen molar-refractivity contribution >= 4 is 27.6 Å². The Bertz CT molecular complexity index is 719. The molecule has 1 unspecified atom stereocenters. The summed E-state index contributed by atoms with van der Waals surface area (Å²) in [5.74, 6) is 0.891. The summed E-state index contributed by atoms with van der Waals surface area (Å²) in [5.41, 5.74) is 2.34. The number of guanidine groups is 1. The first-order valence-electron chi connectivity index (χ1n) is 9.20. The molecule has 2 aromatic rings. The third-order valence-corrected chi connectivity index (χ3v) is 5.10. The van der Waals surface area contributed by atoms with Crippen molar-refractivity contribution in [3.63, 3.8) is 0 Å². The van der Waals surface area contributed by atoms with Crippen LogP contribution < -0.4 is 15.5 Å². The summed E-state index contributed by atoms with van der Waals surface area (Å²) in [6, 6.07) is 14.8. The van der Waals surface area contributed by atoms with E-state index in [9.17, 15) is 0 Å². The normalized spacial score (nSPS) is 17.4. The van der Waals surface area contributed by atoms with Crippen LogP contribution in [0.1, 0.15) is 19.0 Å². The zero-order valence-corrected chi connectivity index (χ0v) is 16.7. The minimum absolute atomic E-state index is 0.398. The van der Waals surface area contributed by atoms with E-state index in [0.29, 0.717) is 6.04 Å². The quantitative estimate of drug-likeness (QED) is 0.561. The molecule has 1 aliphatic heterocycles. The molecule has 0 aliphatic carbocycles. The summed E-state index contributed by atoms with van der Waals surface area (Å²) in [4.78, 5) is 11.5. The highest BCUT2D eigenvalue weighted by atomic mass is 79.9. The van der Waals surface area contributed by atoms with E-state index in [1.807, 2.05) is 24.4 Å². The minimum atomic E-state index is 0.398. The van der Waals surface area contributed by atoms with Gasteiger partial charge in [0, 0.05) is 55.0 Å². The third kappa shape index (κ3) is 5.21. The van der Waals surface area contributed by atoms with E-state index >= 15 is 0 Å². The molecule has 0 spiro atoms. The highest BCUT2D eigenvalue weighted by molar-refractivity contribution is 9.10. The molecule has 2 heterocycles. The van der Waals surface area contributed by atoms with Gasteiger partial charge in [-0.2, -0.15) is 0 Å². The van der Waals surface area contributed by atoms with Gasteiger partial charge in [0.15, 0.2) is 5.96 Å². The summed E-state index contributed by atoms with van der Waals surface area (Å²) in [7, 11) is 0. The fraction of sp³-hybridized carbons (Fsp3) is 0.400. The standard InChI is InChI=1S/C20H26BrN5/c1-2-22-20(24-13-10-16-7-5-6-12-23-16)25-17-11-14-26(15-17)19-9-4-3-8-18(19)21/h3-9,12,17H,2,10-11,13-15H2,1H3,(H2,22,24,25). The lowest BCUT2D eigenvalue weighted by atomic mass is 10.2. The number of nitrogens with one attached hydrogen (secondary N) is 2. The van der Waals surface area contributed by atoms with Gasteiger partial charge in [-0.3, -0.25) is 9.98 Å². The van der Waals surface area contributed by atoms with Crippen LogP contribution in [0.4, 0.5) is 5.69 Å². The molecule has 1 aromatic carbocycles. The zero-order chi connectivity index (χ0) is 18.2. The maximum Gasteiger partial charge on any atom is 0.191 e. The second-order valence-corrected chi connectivity index (χ2v) is 7.21. The summed E-state index contributed by atoms with van der Waals surface area (Å²) < 4.78 is 1.15. The van der Waals surface area contributed by atoms with E-state index in [4.69, 9.17) is 4.99 Å². The highest BCUT2D eigenvalue weighted by Crippen LogP contribution is 2.28. The van der Waals surface area contributed by atoms with Crippen molar-refractivity contribution < 1.29 is 0 Å². The number of hydrogen-bond donors (Lipinski definition) is 2. The van der Waals surface area contributed by atoms with Crippen LogP contribution in [0.3, 0.4) is 0 Å². The first-order valence-corrected chi connectivity index (χ1v) is 10.00. The van der Waals surface area contributed by atoms with Crippen LogP contribution in [0.25, 0.3) is 0 Å². The van der Waals surface area contributed by atoms with E-state index in [1.165, 1.54) is 5.69 Å². The second kappa shape index (κ2) is 9.57. The predicted octanol–water partition coefficient (Wildman–Crippen LogP) is 3.22. The van der Waals surface area contributed by atoms with Crippen LogP contribution in [0.15, 0.2) is 58.1 Å². The Hall–Kier alpha value is -2.08. The lowest BCUT2D eigenvalue weighted by Crippen LogP contribution is -2.44. The molecule has 138 valence electrons. The van der Waals surface area contributed by atoms with Gasteiger partial charge in [0.1, 0.15) is 0 Å². The molecule has 2 N–H and O–H groups in total. The number of benzene rings is 1. The van der Waals surface area contributed by atoms with Crippen LogP contribution in [0.5, 0.6) is 0 Å². The topological polar surface area (TPSA) is 52.6 Å². The van der Waals surface area contributed by atoms with E-state index in [0.717, 1.165) is 55.1 Å². The van der Waals surface area contributed by atoms with Gasteiger partial charge >= 0.3 is 0 Å². The van der Waals surface area contributed by atoms with Gasteiger partial charge in [-0.05, 0) is 53.5 Å². The van der Waals surface area contributed by atoms with Gasteiger partial charge in [-0.1, -0.05) is 18.2 Å². The van der Waals surface area contributed by atoms with E-state index < -0.39 is 0 Å². The highest BCUT2D eigenvalue weighted by Gasteiger charge is 2.24. The van der Waals surface area contributed by atoms with E-state index in [2.05, 4.69) is 67.6 Å². The average molecular weight is 416 g/mol. The van der Waals surface area contributed by atoms with Gasteiger partial charge in [0.2, 0.25) is 0 Å². The Kier molecular flexibility index (Phi) is 6.89. The van der Waals surface area contributed by atoms with Gasteiger partial charge in [-0.15, -0.1) is 0 Å². The van der Waals surface area contributed by atoms with Crippen LogP contribution in [0.2, 0.25) is 0 Å². The van der Waals surface area contributed by atoms with Crippen molar-refractivity contribution in [1.29, 1.82) is 0 Å². The van der Waals surface area contributed by atoms with Gasteiger partial charge in [0.25, 0.3) is 0 Å². The molecule has 1 atom stereocenters. The number of aromatic nitrogens is 1. The summed E-state index contributed by atoms with van der Waals surface area (Å²) in [6.45, 7) is 5.71. The van der Waals surface area contributed by atoms with Crippen LogP contribution in [-0.2, 0) is 6.42 Å². The largest absolute Gasteiger partial charge is 0.368 e.